The molecule has 0 amide bonds. The zero-order valence-corrected chi connectivity index (χ0v) is 11.1. The molecular formula is C13H21ClN2. The minimum Gasteiger partial charge on any atom is -0.314 e. The van der Waals surface area contributed by atoms with Crippen molar-refractivity contribution in [1.82, 2.24) is 10.3 Å². The molecule has 1 aromatic heterocycles. The second kappa shape index (κ2) is 6.87. The van der Waals surface area contributed by atoms with Gasteiger partial charge in [-0.15, -0.1) is 0 Å². The Morgan fingerprint density at radius 1 is 1.44 bits per heavy atom. The van der Waals surface area contributed by atoms with Gasteiger partial charge in [-0.3, -0.25) is 4.98 Å². The van der Waals surface area contributed by atoms with E-state index >= 15 is 0 Å². The van der Waals surface area contributed by atoms with Crippen molar-refractivity contribution in [3.05, 3.63) is 29.0 Å². The van der Waals surface area contributed by atoms with E-state index in [9.17, 15) is 0 Å². The number of hydrogen-bond acceptors (Lipinski definition) is 2. The number of pyridine rings is 1. The third kappa shape index (κ3) is 4.11. The minimum absolute atomic E-state index is 0.518. The third-order valence-electron chi connectivity index (χ3n) is 2.97. The lowest BCUT2D eigenvalue weighted by molar-refractivity contribution is 0.399. The maximum Gasteiger partial charge on any atom is 0.0621 e. The van der Waals surface area contributed by atoms with Crippen LogP contribution < -0.4 is 5.32 Å². The Balaban J connectivity index is 2.50. The first-order valence-electron chi connectivity index (χ1n) is 5.97. The fraction of sp³-hybridized carbons (Fsp3) is 0.615. The predicted molar refractivity (Wildman–Crippen MR) is 69.9 cm³/mol. The van der Waals surface area contributed by atoms with Gasteiger partial charge in [0.2, 0.25) is 0 Å². The summed E-state index contributed by atoms with van der Waals surface area (Å²) in [5, 5.41) is 4.29. The Morgan fingerprint density at radius 3 is 2.81 bits per heavy atom. The molecule has 0 saturated carbocycles. The summed E-state index contributed by atoms with van der Waals surface area (Å²) in [6.07, 6.45) is 5.69. The van der Waals surface area contributed by atoms with E-state index in [0.29, 0.717) is 12.0 Å². The van der Waals surface area contributed by atoms with Crippen LogP contribution >= 0.6 is 11.6 Å². The molecule has 0 aliphatic carbocycles. The molecule has 3 heteroatoms. The standard InChI is InChI=1S/C13H21ClN2/c1-4-6-16-11(3)10(2)8-12-5-7-15-9-13(12)14/h5,7,9-11,16H,4,6,8H2,1-3H3. The van der Waals surface area contributed by atoms with E-state index in [2.05, 4.69) is 31.1 Å². The van der Waals surface area contributed by atoms with E-state index in [4.69, 9.17) is 11.6 Å². The monoisotopic (exact) mass is 240 g/mol. The summed E-state index contributed by atoms with van der Waals surface area (Å²) >= 11 is 6.09. The van der Waals surface area contributed by atoms with Crippen molar-refractivity contribution in [2.75, 3.05) is 6.54 Å². The lowest BCUT2D eigenvalue weighted by Crippen LogP contribution is -2.33. The molecule has 0 saturated heterocycles. The van der Waals surface area contributed by atoms with E-state index in [1.807, 2.05) is 6.07 Å². The van der Waals surface area contributed by atoms with Gasteiger partial charge in [0, 0.05) is 18.4 Å². The van der Waals surface area contributed by atoms with Gasteiger partial charge in [0.25, 0.3) is 0 Å². The third-order valence-corrected chi connectivity index (χ3v) is 3.31. The molecule has 0 bridgehead atoms. The first-order chi connectivity index (χ1) is 7.65. The number of halogens is 1. The summed E-state index contributed by atoms with van der Waals surface area (Å²) in [6.45, 7) is 7.75. The number of hydrogen-bond donors (Lipinski definition) is 1. The molecule has 0 fully saturated rings. The fourth-order valence-electron chi connectivity index (χ4n) is 1.67. The van der Waals surface area contributed by atoms with Crippen LogP contribution in [0.2, 0.25) is 5.02 Å². The van der Waals surface area contributed by atoms with Crippen LogP contribution in [0.3, 0.4) is 0 Å². The Kier molecular flexibility index (Phi) is 5.78. The molecule has 0 radical (unpaired) electrons. The van der Waals surface area contributed by atoms with Gasteiger partial charge in [0.15, 0.2) is 0 Å². The Morgan fingerprint density at radius 2 is 2.19 bits per heavy atom. The molecule has 2 unspecified atom stereocenters. The highest BCUT2D eigenvalue weighted by Crippen LogP contribution is 2.19. The summed E-state index contributed by atoms with van der Waals surface area (Å²) in [6, 6.07) is 2.52. The molecule has 2 nitrogen and oxygen atoms in total. The van der Waals surface area contributed by atoms with Gasteiger partial charge >= 0.3 is 0 Å². The molecule has 16 heavy (non-hydrogen) atoms. The predicted octanol–water partition coefficient (Wildman–Crippen LogP) is 3.30. The van der Waals surface area contributed by atoms with E-state index in [0.717, 1.165) is 18.0 Å². The highest BCUT2D eigenvalue weighted by Gasteiger charge is 2.13. The molecule has 1 N–H and O–H groups in total. The maximum atomic E-state index is 6.09. The normalized spacial score (nSPS) is 14.8. The van der Waals surface area contributed by atoms with Gasteiger partial charge < -0.3 is 5.32 Å². The molecule has 1 rings (SSSR count). The van der Waals surface area contributed by atoms with Gasteiger partial charge in [-0.1, -0.05) is 25.4 Å². The topological polar surface area (TPSA) is 24.9 Å². The van der Waals surface area contributed by atoms with E-state index < -0.39 is 0 Å². The quantitative estimate of drug-likeness (QED) is 0.825. The number of nitrogens with one attached hydrogen (secondary N) is 1. The second-order valence-corrected chi connectivity index (χ2v) is 4.80. The van der Waals surface area contributed by atoms with Crippen LogP contribution in [0.1, 0.15) is 32.8 Å². The molecule has 1 aromatic rings. The largest absolute Gasteiger partial charge is 0.314 e. The van der Waals surface area contributed by atoms with Crippen molar-refractivity contribution < 1.29 is 0 Å². The fourth-order valence-corrected chi connectivity index (χ4v) is 1.86. The Bertz CT molecular complexity index is 315. The van der Waals surface area contributed by atoms with Crippen molar-refractivity contribution in [3.8, 4) is 0 Å². The minimum atomic E-state index is 0.518. The smallest absolute Gasteiger partial charge is 0.0621 e. The Labute approximate surface area is 103 Å². The van der Waals surface area contributed by atoms with E-state index in [1.165, 1.54) is 12.0 Å². The SMILES string of the molecule is CCCNC(C)C(C)Cc1ccncc1Cl. The van der Waals surface area contributed by atoms with Crippen LogP contribution in [-0.4, -0.2) is 17.6 Å². The Hall–Kier alpha value is -0.600. The van der Waals surface area contributed by atoms with Gasteiger partial charge in [0.05, 0.1) is 5.02 Å². The van der Waals surface area contributed by atoms with Gasteiger partial charge in [-0.05, 0) is 43.9 Å². The van der Waals surface area contributed by atoms with Crippen LogP contribution in [-0.2, 0) is 6.42 Å². The molecular weight excluding hydrogens is 220 g/mol. The summed E-state index contributed by atoms with van der Waals surface area (Å²) in [5.74, 6) is 0.575. The van der Waals surface area contributed by atoms with Crippen molar-refractivity contribution in [2.45, 2.75) is 39.7 Å². The highest BCUT2D eigenvalue weighted by molar-refractivity contribution is 6.31. The summed E-state index contributed by atoms with van der Waals surface area (Å²) in [7, 11) is 0. The molecule has 2 atom stereocenters. The first-order valence-corrected chi connectivity index (χ1v) is 6.34. The van der Waals surface area contributed by atoms with Gasteiger partial charge in [-0.25, -0.2) is 0 Å². The molecule has 1 heterocycles. The zero-order valence-electron chi connectivity index (χ0n) is 10.3. The molecule has 0 spiro atoms. The van der Waals surface area contributed by atoms with Crippen molar-refractivity contribution in [1.29, 1.82) is 0 Å². The molecule has 90 valence electrons. The van der Waals surface area contributed by atoms with Crippen LogP contribution in [0.5, 0.6) is 0 Å². The van der Waals surface area contributed by atoms with Gasteiger partial charge in [-0.2, -0.15) is 0 Å². The lowest BCUT2D eigenvalue weighted by Gasteiger charge is -2.21. The van der Waals surface area contributed by atoms with Crippen LogP contribution in [0.25, 0.3) is 0 Å². The summed E-state index contributed by atoms with van der Waals surface area (Å²) in [4.78, 5) is 4.00. The molecule has 0 aliphatic rings. The average Bonchev–Trinajstić information content (AvgIpc) is 2.28. The second-order valence-electron chi connectivity index (χ2n) is 4.39. The van der Waals surface area contributed by atoms with Crippen LogP contribution in [0.4, 0.5) is 0 Å². The maximum absolute atomic E-state index is 6.09. The molecule has 0 aromatic carbocycles. The highest BCUT2D eigenvalue weighted by atomic mass is 35.5. The number of aromatic nitrogens is 1. The van der Waals surface area contributed by atoms with Crippen LogP contribution in [0, 0.1) is 5.92 Å². The number of rotatable bonds is 6. The van der Waals surface area contributed by atoms with Crippen molar-refractivity contribution in [2.24, 2.45) is 5.92 Å². The van der Waals surface area contributed by atoms with Crippen molar-refractivity contribution >= 4 is 11.6 Å². The van der Waals surface area contributed by atoms with E-state index in [1.54, 1.807) is 12.4 Å². The van der Waals surface area contributed by atoms with E-state index in [-0.39, 0.29) is 0 Å². The summed E-state index contributed by atoms with van der Waals surface area (Å²) < 4.78 is 0. The van der Waals surface area contributed by atoms with Crippen molar-refractivity contribution in [3.63, 3.8) is 0 Å². The van der Waals surface area contributed by atoms with Crippen LogP contribution in [0.15, 0.2) is 18.5 Å². The summed E-state index contributed by atoms with van der Waals surface area (Å²) in [5.41, 5.74) is 1.19. The average molecular weight is 241 g/mol. The zero-order chi connectivity index (χ0) is 12.0. The molecule has 0 aliphatic heterocycles. The first kappa shape index (κ1) is 13.5. The lowest BCUT2D eigenvalue weighted by atomic mass is 9.95. The number of nitrogens with zero attached hydrogens (tertiary/aromatic N) is 1. The van der Waals surface area contributed by atoms with Gasteiger partial charge in [0.1, 0.15) is 0 Å².